The number of carbonyl (C=O) groups is 1. The van der Waals surface area contributed by atoms with Crippen molar-refractivity contribution in [2.45, 2.75) is 25.7 Å². The van der Waals surface area contributed by atoms with Gasteiger partial charge in [-0.3, -0.25) is 9.69 Å². The quantitative estimate of drug-likeness (QED) is 0.920. The molecule has 0 radical (unpaired) electrons. The van der Waals surface area contributed by atoms with E-state index < -0.39 is 0 Å². The topological polar surface area (TPSA) is 32.3 Å². The number of likely N-dealkylation sites (tertiary alicyclic amines) is 1. The molecule has 0 aliphatic carbocycles. The second kappa shape index (κ2) is 7.13. The molecule has 0 atom stereocenters. The lowest BCUT2D eigenvalue weighted by molar-refractivity contribution is -0.117. The van der Waals surface area contributed by atoms with Crippen molar-refractivity contribution < 1.29 is 4.79 Å². The van der Waals surface area contributed by atoms with E-state index in [4.69, 9.17) is 23.2 Å². The first-order chi connectivity index (χ1) is 9.13. The third-order valence-electron chi connectivity index (χ3n) is 3.21. The van der Waals surface area contributed by atoms with Crippen LogP contribution in [0.3, 0.4) is 0 Å². The minimum absolute atomic E-state index is 0.0137. The molecule has 0 unspecified atom stereocenters. The molecule has 1 N–H and O–H groups in total. The molecule has 2 rings (SSSR count). The molecule has 104 valence electrons. The molecule has 1 aromatic rings. The summed E-state index contributed by atoms with van der Waals surface area (Å²) in [6.45, 7) is 2.44. The third kappa shape index (κ3) is 5.01. The summed E-state index contributed by atoms with van der Waals surface area (Å²) in [6, 6.07) is 5.05. The number of halogens is 2. The fourth-order valence-corrected chi connectivity index (χ4v) is 2.85. The van der Waals surface area contributed by atoms with E-state index in [1.54, 1.807) is 18.2 Å². The van der Waals surface area contributed by atoms with Crippen LogP contribution in [0, 0.1) is 0 Å². The smallest absolute Gasteiger partial charge is 0.238 e. The third-order valence-corrected chi connectivity index (χ3v) is 3.65. The highest BCUT2D eigenvalue weighted by Crippen LogP contribution is 2.22. The predicted octanol–water partition coefficient (Wildman–Crippen LogP) is 3.81. The zero-order chi connectivity index (χ0) is 13.7. The lowest BCUT2D eigenvalue weighted by Gasteiger charge is -2.19. The maximum absolute atomic E-state index is 12.0. The van der Waals surface area contributed by atoms with Gasteiger partial charge in [-0.2, -0.15) is 0 Å². The van der Waals surface area contributed by atoms with E-state index in [0.29, 0.717) is 22.3 Å². The van der Waals surface area contributed by atoms with Crippen LogP contribution < -0.4 is 5.32 Å². The van der Waals surface area contributed by atoms with Gasteiger partial charge in [0.2, 0.25) is 5.91 Å². The summed E-state index contributed by atoms with van der Waals surface area (Å²) in [5.41, 5.74) is 0.650. The molecule has 0 aromatic heterocycles. The van der Waals surface area contributed by atoms with E-state index in [1.165, 1.54) is 25.7 Å². The van der Waals surface area contributed by atoms with Crippen molar-refractivity contribution in [2.75, 3.05) is 25.0 Å². The monoisotopic (exact) mass is 300 g/mol. The zero-order valence-electron chi connectivity index (χ0n) is 10.8. The summed E-state index contributed by atoms with van der Waals surface area (Å²) >= 11 is 11.8. The number of anilines is 1. The second-order valence-corrected chi connectivity index (χ2v) is 5.77. The molecule has 3 nitrogen and oxygen atoms in total. The second-order valence-electron chi connectivity index (χ2n) is 4.90. The number of carbonyl (C=O) groups excluding carboxylic acids is 1. The molecule has 0 bridgehead atoms. The van der Waals surface area contributed by atoms with Crippen LogP contribution in [0.4, 0.5) is 5.69 Å². The summed E-state index contributed by atoms with van der Waals surface area (Å²) in [4.78, 5) is 14.2. The molecule has 1 aliphatic rings. The summed E-state index contributed by atoms with van der Waals surface area (Å²) in [6.07, 6.45) is 4.89. The zero-order valence-corrected chi connectivity index (χ0v) is 12.3. The first kappa shape index (κ1) is 14.6. The highest BCUT2D eigenvalue weighted by atomic mass is 35.5. The Hall–Kier alpha value is -0.770. The van der Waals surface area contributed by atoms with Crippen LogP contribution in [0.2, 0.25) is 10.0 Å². The Bertz CT molecular complexity index is 423. The van der Waals surface area contributed by atoms with Gasteiger partial charge < -0.3 is 5.32 Å². The van der Waals surface area contributed by atoms with E-state index in [0.717, 1.165) is 13.1 Å². The van der Waals surface area contributed by atoms with Crippen molar-refractivity contribution >= 4 is 34.8 Å². The van der Waals surface area contributed by atoms with Gasteiger partial charge in [-0.1, -0.05) is 36.0 Å². The molecule has 0 spiro atoms. The van der Waals surface area contributed by atoms with Gasteiger partial charge in [-0.05, 0) is 44.1 Å². The van der Waals surface area contributed by atoms with E-state index in [1.807, 2.05) is 0 Å². The molecule has 1 heterocycles. The minimum atomic E-state index is -0.0137. The normalized spacial score (nSPS) is 16.9. The van der Waals surface area contributed by atoms with Gasteiger partial charge in [0.15, 0.2) is 0 Å². The van der Waals surface area contributed by atoms with E-state index >= 15 is 0 Å². The Labute approximate surface area is 123 Å². The molecule has 0 saturated carbocycles. The Balaban J connectivity index is 1.89. The van der Waals surface area contributed by atoms with Gasteiger partial charge in [-0.25, -0.2) is 0 Å². The van der Waals surface area contributed by atoms with Crippen molar-refractivity contribution in [3.63, 3.8) is 0 Å². The standard InChI is InChI=1S/C14H18Cl2N2O/c15-11-7-12(16)9-13(8-11)17-14(19)10-18-5-3-1-2-4-6-18/h7-9H,1-6,10H2,(H,17,19). The predicted molar refractivity (Wildman–Crippen MR) is 80.0 cm³/mol. The van der Waals surface area contributed by atoms with E-state index in [-0.39, 0.29) is 5.91 Å². The number of nitrogens with one attached hydrogen (secondary N) is 1. The average molecular weight is 301 g/mol. The fourth-order valence-electron chi connectivity index (χ4n) is 2.32. The number of benzene rings is 1. The first-order valence-corrected chi connectivity index (χ1v) is 7.37. The van der Waals surface area contributed by atoms with Crippen molar-refractivity contribution in [3.8, 4) is 0 Å². The van der Waals surface area contributed by atoms with Crippen LogP contribution in [-0.4, -0.2) is 30.4 Å². The fraction of sp³-hybridized carbons (Fsp3) is 0.500. The Morgan fingerprint density at radius 3 is 2.21 bits per heavy atom. The van der Waals surface area contributed by atoms with Crippen LogP contribution in [0.15, 0.2) is 18.2 Å². The van der Waals surface area contributed by atoms with Gasteiger partial charge in [0.1, 0.15) is 0 Å². The Morgan fingerprint density at radius 2 is 1.63 bits per heavy atom. The lowest BCUT2D eigenvalue weighted by Crippen LogP contribution is -2.33. The van der Waals surface area contributed by atoms with Crippen LogP contribution in [-0.2, 0) is 4.79 Å². The maximum atomic E-state index is 12.0. The van der Waals surface area contributed by atoms with Crippen LogP contribution in [0.5, 0.6) is 0 Å². The number of rotatable bonds is 3. The number of nitrogens with zero attached hydrogens (tertiary/aromatic N) is 1. The summed E-state index contributed by atoms with van der Waals surface area (Å²) < 4.78 is 0. The summed E-state index contributed by atoms with van der Waals surface area (Å²) in [5, 5.41) is 3.89. The maximum Gasteiger partial charge on any atom is 0.238 e. The first-order valence-electron chi connectivity index (χ1n) is 6.62. The molecular weight excluding hydrogens is 283 g/mol. The molecule has 1 saturated heterocycles. The molecule has 1 aliphatic heterocycles. The lowest BCUT2D eigenvalue weighted by atomic mass is 10.2. The van der Waals surface area contributed by atoms with Gasteiger partial charge in [0.05, 0.1) is 6.54 Å². The minimum Gasteiger partial charge on any atom is -0.325 e. The molecule has 1 fully saturated rings. The van der Waals surface area contributed by atoms with Crippen LogP contribution >= 0.6 is 23.2 Å². The van der Waals surface area contributed by atoms with Crippen LogP contribution in [0.1, 0.15) is 25.7 Å². The van der Waals surface area contributed by atoms with Crippen LogP contribution in [0.25, 0.3) is 0 Å². The average Bonchev–Trinajstić information content (AvgIpc) is 2.55. The van der Waals surface area contributed by atoms with Crippen molar-refractivity contribution in [1.29, 1.82) is 0 Å². The SMILES string of the molecule is O=C(CN1CCCCCC1)Nc1cc(Cl)cc(Cl)c1. The molecular formula is C14H18Cl2N2O. The van der Waals surface area contributed by atoms with Crippen molar-refractivity contribution in [1.82, 2.24) is 4.90 Å². The van der Waals surface area contributed by atoms with E-state index in [9.17, 15) is 4.79 Å². The van der Waals surface area contributed by atoms with Gasteiger partial charge in [-0.15, -0.1) is 0 Å². The number of hydrogen-bond acceptors (Lipinski definition) is 2. The van der Waals surface area contributed by atoms with Gasteiger partial charge in [0.25, 0.3) is 0 Å². The number of hydrogen-bond donors (Lipinski definition) is 1. The number of amides is 1. The van der Waals surface area contributed by atoms with Crippen molar-refractivity contribution in [3.05, 3.63) is 28.2 Å². The molecule has 1 aromatic carbocycles. The molecule has 5 heteroatoms. The summed E-state index contributed by atoms with van der Waals surface area (Å²) in [5.74, 6) is -0.0137. The Morgan fingerprint density at radius 1 is 1.05 bits per heavy atom. The Kier molecular flexibility index (Phi) is 5.49. The summed E-state index contributed by atoms with van der Waals surface area (Å²) in [7, 11) is 0. The van der Waals surface area contributed by atoms with E-state index in [2.05, 4.69) is 10.2 Å². The largest absolute Gasteiger partial charge is 0.325 e. The molecule has 19 heavy (non-hydrogen) atoms. The van der Waals surface area contributed by atoms with Crippen molar-refractivity contribution in [2.24, 2.45) is 0 Å². The molecule has 1 amide bonds. The van der Waals surface area contributed by atoms with Gasteiger partial charge in [0, 0.05) is 15.7 Å². The highest BCUT2D eigenvalue weighted by Gasteiger charge is 2.13. The van der Waals surface area contributed by atoms with Gasteiger partial charge >= 0.3 is 0 Å². The highest BCUT2D eigenvalue weighted by molar-refractivity contribution is 6.35.